The summed E-state index contributed by atoms with van der Waals surface area (Å²) in [6.07, 6.45) is 0.219. The normalized spacial score (nSPS) is 17.7. The molecule has 1 N–H and O–H groups in total. The number of nitrogens with one attached hydrogen (secondary N) is 1. The number of anilines is 1. The van der Waals surface area contributed by atoms with Gasteiger partial charge in [-0.05, 0) is 18.1 Å². The number of nitrogens with zero attached hydrogens (tertiary/aromatic N) is 2. The second-order valence-electron chi connectivity index (χ2n) is 6.90. The van der Waals surface area contributed by atoms with Crippen molar-refractivity contribution in [2.24, 2.45) is 0 Å². The molecule has 142 valence electrons. The summed E-state index contributed by atoms with van der Waals surface area (Å²) in [6.45, 7) is 5.04. The molecule has 1 unspecified atom stereocenters. The van der Waals surface area contributed by atoms with Gasteiger partial charge in [-0.1, -0.05) is 25.6 Å². The highest BCUT2D eigenvalue weighted by Crippen LogP contribution is 2.34. The molecule has 0 fully saturated rings. The molecule has 7 nitrogen and oxygen atoms in total. The van der Waals surface area contributed by atoms with Crippen LogP contribution in [0, 0.1) is 0 Å². The van der Waals surface area contributed by atoms with E-state index in [9.17, 15) is 9.59 Å². The molecule has 2 aliphatic rings. The topological polar surface area (TPSA) is 82.5 Å². The average Bonchev–Trinajstić information content (AvgIpc) is 3.04. The van der Waals surface area contributed by atoms with Crippen LogP contribution in [0.2, 0.25) is 0 Å². The van der Waals surface area contributed by atoms with Gasteiger partial charge in [0.1, 0.15) is 13.2 Å². The van der Waals surface area contributed by atoms with Gasteiger partial charge in [-0.15, -0.1) is 0 Å². The van der Waals surface area contributed by atoms with Crippen molar-refractivity contribution in [3.8, 4) is 11.5 Å². The van der Waals surface area contributed by atoms with Crippen LogP contribution >= 0.6 is 11.8 Å². The summed E-state index contributed by atoms with van der Waals surface area (Å²) in [5, 5.41) is 3.58. The Labute approximate surface area is 161 Å². The van der Waals surface area contributed by atoms with E-state index < -0.39 is 0 Å². The Morgan fingerprint density at radius 1 is 1.30 bits per heavy atom. The zero-order chi connectivity index (χ0) is 19.0. The Kier molecular flexibility index (Phi) is 4.82. The Hall–Kier alpha value is -2.48. The Morgan fingerprint density at radius 3 is 2.85 bits per heavy atom. The molecule has 27 heavy (non-hydrogen) atoms. The summed E-state index contributed by atoms with van der Waals surface area (Å²) in [7, 11) is 0. The SMILES string of the molecule is CC(C)c1cc(=O)n2c(n1)SCC2CC(=O)Nc1ccc2c(c1)OCCO2. The minimum Gasteiger partial charge on any atom is -0.486 e. The first kappa shape index (κ1) is 17.9. The van der Waals surface area contributed by atoms with Crippen LogP contribution in [0.3, 0.4) is 0 Å². The molecule has 1 aromatic heterocycles. The molecule has 8 heteroatoms. The molecule has 0 saturated heterocycles. The van der Waals surface area contributed by atoms with Crippen molar-refractivity contribution < 1.29 is 14.3 Å². The van der Waals surface area contributed by atoms with Crippen molar-refractivity contribution in [3.05, 3.63) is 40.3 Å². The summed E-state index contributed by atoms with van der Waals surface area (Å²) >= 11 is 1.52. The molecule has 0 spiro atoms. The maximum absolute atomic E-state index is 12.5. The van der Waals surface area contributed by atoms with Crippen molar-refractivity contribution >= 4 is 23.4 Å². The predicted molar refractivity (Wildman–Crippen MR) is 103 cm³/mol. The molecule has 0 saturated carbocycles. The van der Waals surface area contributed by atoms with Crippen molar-refractivity contribution in [3.63, 3.8) is 0 Å². The van der Waals surface area contributed by atoms with Gasteiger partial charge >= 0.3 is 0 Å². The number of hydrogen-bond donors (Lipinski definition) is 1. The maximum atomic E-state index is 12.5. The van der Waals surface area contributed by atoms with Crippen molar-refractivity contribution in [1.29, 1.82) is 0 Å². The molecular weight excluding hydrogens is 366 g/mol. The third kappa shape index (κ3) is 3.66. The van der Waals surface area contributed by atoms with Gasteiger partial charge in [0.15, 0.2) is 16.7 Å². The van der Waals surface area contributed by atoms with E-state index in [1.807, 2.05) is 13.8 Å². The van der Waals surface area contributed by atoms with Gasteiger partial charge in [-0.25, -0.2) is 4.98 Å². The number of ether oxygens (including phenoxy) is 2. The highest BCUT2D eigenvalue weighted by Gasteiger charge is 2.28. The molecule has 0 bridgehead atoms. The predicted octanol–water partition coefficient (Wildman–Crippen LogP) is 2.81. The second-order valence-corrected chi connectivity index (χ2v) is 7.89. The lowest BCUT2D eigenvalue weighted by molar-refractivity contribution is -0.116. The molecular formula is C19H21N3O4S. The minimum atomic E-state index is -0.191. The van der Waals surface area contributed by atoms with E-state index in [-0.39, 0.29) is 29.8 Å². The van der Waals surface area contributed by atoms with Gasteiger partial charge < -0.3 is 14.8 Å². The first-order valence-electron chi connectivity index (χ1n) is 8.97. The molecule has 1 amide bonds. The van der Waals surface area contributed by atoms with Gasteiger partial charge in [0.25, 0.3) is 5.56 Å². The molecule has 2 aliphatic heterocycles. The van der Waals surface area contributed by atoms with Gasteiger partial charge in [0.05, 0.1) is 11.7 Å². The van der Waals surface area contributed by atoms with Crippen LogP contribution in [0.5, 0.6) is 11.5 Å². The van der Waals surface area contributed by atoms with Crippen LogP contribution in [0.1, 0.15) is 37.9 Å². The number of thioether (sulfide) groups is 1. The number of carbonyl (C=O) groups excluding carboxylic acids is 1. The molecule has 1 aromatic carbocycles. The summed E-state index contributed by atoms with van der Waals surface area (Å²) in [5.41, 5.74) is 1.35. The number of hydrogen-bond acceptors (Lipinski definition) is 6. The van der Waals surface area contributed by atoms with E-state index in [4.69, 9.17) is 9.47 Å². The van der Waals surface area contributed by atoms with Crippen LogP contribution in [0.15, 0.2) is 34.2 Å². The van der Waals surface area contributed by atoms with E-state index in [1.54, 1.807) is 28.8 Å². The Balaban J connectivity index is 1.47. The monoisotopic (exact) mass is 387 g/mol. The van der Waals surface area contributed by atoms with Gasteiger partial charge in [-0.3, -0.25) is 14.2 Å². The van der Waals surface area contributed by atoms with E-state index >= 15 is 0 Å². The fourth-order valence-electron chi connectivity index (χ4n) is 3.16. The van der Waals surface area contributed by atoms with Crippen LogP contribution < -0.4 is 20.3 Å². The van der Waals surface area contributed by atoms with E-state index in [1.165, 1.54) is 11.8 Å². The highest BCUT2D eigenvalue weighted by atomic mass is 32.2. The third-order valence-corrected chi connectivity index (χ3v) is 5.65. The zero-order valence-electron chi connectivity index (χ0n) is 15.2. The average molecular weight is 387 g/mol. The van der Waals surface area contributed by atoms with Crippen LogP contribution in [0.25, 0.3) is 0 Å². The molecule has 0 radical (unpaired) electrons. The van der Waals surface area contributed by atoms with E-state index in [2.05, 4.69) is 10.3 Å². The standard InChI is InChI=1S/C19H21N3O4S/c1-11(2)14-9-18(24)22-13(10-27-19(22)21-14)8-17(23)20-12-3-4-15-16(7-12)26-6-5-25-15/h3-4,7,9,11,13H,5-6,8,10H2,1-2H3,(H,20,23). The van der Waals surface area contributed by atoms with Crippen molar-refractivity contribution in [2.75, 3.05) is 24.3 Å². The fraction of sp³-hybridized carbons (Fsp3) is 0.421. The molecule has 1 atom stereocenters. The van der Waals surface area contributed by atoms with Crippen LogP contribution in [0.4, 0.5) is 5.69 Å². The number of benzene rings is 1. The number of carbonyl (C=O) groups is 1. The molecule has 2 aromatic rings. The minimum absolute atomic E-state index is 0.0918. The Bertz CT molecular complexity index is 941. The lowest BCUT2D eigenvalue weighted by Crippen LogP contribution is -2.28. The number of rotatable bonds is 4. The summed E-state index contributed by atoms with van der Waals surface area (Å²) in [6, 6.07) is 6.71. The maximum Gasteiger partial charge on any atom is 0.254 e. The summed E-state index contributed by atoms with van der Waals surface area (Å²) < 4.78 is 12.7. The highest BCUT2D eigenvalue weighted by molar-refractivity contribution is 7.99. The quantitative estimate of drug-likeness (QED) is 0.813. The second kappa shape index (κ2) is 7.26. The molecule has 4 rings (SSSR count). The van der Waals surface area contributed by atoms with Gasteiger partial charge in [0.2, 0.25) is 5.91 Å². The largest absolute Gasteiger partial charge is 0.486 e. The van der Waals surface area contributed by atoms with Crippen LogP contribution in [-0.4, -0.2) is 34.4 Å². The first-order valence-corrected chi connectivity index (χ1v) is 9.95. The third-order valence-electron chi connectivity index (χ3n) is 4.55. The molecule has 3 heterocycles. The number of fused-ring (bicyclic) bond motifs is 2. The number of amides is 1. The smallest absolute Gasteiger partial charge is 0.254 e. The van der Waals surface area contributed by atoms with E-state index in [0.717, 1.165) is 5.69 Å². The van der Waals surface area contributed by atoms with Crippen molar-refractivity contribution in [2.45, 2.75) is 37.4 Å². The summed E-state index contributed by atoms with van der Waals surface area (Å²) in [4.78, 5) is 29.6. The number of aromatic nitrogens is 2. The summed E-state index contributed by atoms with van der Waals surface area (Å²) in [5.74, 6) is 2.02. The Morgan fingerprint density at radius 2 is 2.07 bits per heavy atom. The fourth-order valence-corrected chi connectivity index (χ4v) is 4.32. The van der Waals surface area contributed by atoms with Gasteiger partial charge in [-0.2, -0.15) is 0 Å². The van der Waals surface area contributed by atoms with Gasteiger partial charge in [0, 0.05) is 30.0 Å². The van der Waals surface area contributed by atoms with E-state index in [0.29, 0.717) is 41.3 Å². The lowest BCUT2D eigenvalue weighted by Gasteiger charge is -2.19. The van der Waals surface area contributed by atoms with Crippen molar-refractivity contribution in [1.82, 2.24) is 9.55 Å². The lowest BCUT2D eigenvalue weighted by atomic mass is 10.1. The first-order chi connectivity index (χ1) is 13.0. The molecule has 0 aliphatic carbocycles. The zero-order valence-corrected chi connectivity index (χ0v) is 16.0. The van der Waals surface area contributed by atoms with Crippen LogP contribution in [-0.2, 0) is 4.79 Å².